The van der Waals surface area contributed by atoms with Gasteiger partial charge in [-0.2, -0.15) is 0 Å². The zero-order chi connectivity index (χ0) is 27.4. The molecule has 1 saturated heterocycles. The highest BCUT2D eigenvalue weighted by Crippen LogP contribution is 2.32. The van der Waals surface area contributed by atoms with Crippen molar-refractivity contribution in [2.75, 3.05) is 11.5 Å². The number of anilines is 1. The Labute approximate surface area is 233 Å². The molecule has 1 heterocycles. The van der Waals surface area contributed by atoms with Crippen molar-refractivity contribution in [1.29, 1.82) is 0 Å². The number of hydrogen-bond acceptors (Lipinski definition) is 5. The number of barbiturate groups is 1. The van der Waals surface area contributed by atoms with Gasteiger partial charge in [-0.25, -0.2) is 9.69 Å². The van der Waals surface area contributed by atoms with E-state index in [1.54, 1.807) is 36.4 Å². The third-order valence-corrected chi connectivity index (χ3v) is 6.62. The zero-order valence-electron chi connectivity index (χ0n) is 20.7. The fourth-order valence-electron chi connectivity index (χ4n) is 4.17. The van der Waals surface area contributed by atoms with Gasteiger partial charge in [0.25, 0.3) is 11.8 Å². The van der Waals surface area contributed by atoms with Crippen molar-refractivity contribution < 1.29 is 23.9 Å². The van der Waals surface area contributed by atoms with Crippen molar-refractivity contribution in [3.05, 3.63) is 119 Å². The summed E-state index contributed by atoms with van der Waals surface area (Å²) >= 11 is 3.41. The van der Waals surface area contributed by atoms with Gasteiger partial charge in [0.2, 0.25) is 0 Å². The average Bonchev–Trinajstić information content (AvgIpc) is 2.94. The Hall–Kier alpha value is -4.69. The Balaban J connectivity index is 1.44. The van der Waals surface area contributed by atoms with E-state index in [4.69, 9.17) is 9.47 Å². The third-order valence-electron chi connectivity index (χ3n) is 6.09. The summed E-state index contributed by atoms with van der Waals surface area (Å²) in [5, 5.41) is 3.97. The van der Waals surface area contributed by atoms with Gasteiger partial charge in [-0.05, 0) is 64.9 Å². The maximum Gasteiger partial charge on any atom is 0.335 e. The maximum atomic E-state index is 13.5. The van der Waals surface area contributed by atoms with Crippen LogP contribution in [0.3, 0.4) is 0 Å². The van der Waals surface area contributed by atoms with E-state index < -0.39 is 17.8 Å². The van der Waals surface area contributed by atoms with E-state index in [0.29, 0.717) is 29.4 Å². The van der Waals surface area contributed by atoms with Crippen LogP contribution in [-0.4, -0.2) is 24.5 Å². The topological polar surface area (TPSA) is 84.9 Å². The summed E-state index contributed by atoms with van der Waals surface area (Å²) in [6.45, 7) is 4.29. The Morgan fingerprint density at radius 3 is 2.36 bits per heavy atom. The first-order chi connectivity index (χ1) is 18.9. The highest BCUT2D eigenvalue weighted by molar-refractivity contribution is 9.10. The summed E-state index contributed by atoms with van der Waals surface area (Å²) in [6.07, 6.45) is 3.07. The van der Waals surface area contributed by atoms with Crippen molar-refractivity contribution in [3.63, 3.8) is 0 Å². The largest absolute Gasteiger partial charge is 0.489 e. The van der Waals surface area contributed by atoms with E-state index in [-0.39, 0.29) is 12.2 Å². The Kier molecular flexibility index (Phi) is 7.56. The van der Waals surface area contributed by atoms with E-state index in [0.717, 1.165) is 25.7 Å². The third kappa shape index (κ3) is 5.61. The van der Waals surface area contributed by atoms with Gasteiger partial charge in [-0.3, -0.25) is 14.9 Å². The molecule has 1 aliphatic heterocycles. The predicted octanol–water partition coefficient (Wildman–Crippen LogP) is 6.41. The number of ether oxygens (including phenoxy) is 2. The molecule has 39 heavy (non-hydrogen) atoms. The molecule has 7 nitrogen and oxygen atoms in total. The van der Waals surface area contributed by atoms with E-state index in [1.165, 1.54) is 6.08 Å². The fraction of sp³-hybridized carbons (Fsp3) is 0.0645. The van der Waals surface area contributed by atoms with Gasteiger partial charge in [0.1, 0.15) is 30.3 Å². The molecule has 0 aliphatic carbocycles. The fourth-order valence-corrected chi connectivity index (χ4v) is 4.44. The standard InChI is InChI=1S/C31H23BrN2O5/c1-2-17-38-28-16-9-21-5-3-4-6-25(21)26(28)18-27-29(35)33-31(37)34(30(27)36)23-12-14-24(15-13-23)39-19-20-7-10-22(32)11-8-20/h2-16,18H,1,17,19H2,(H,33,35,37)/b27-18+. The van der Waals surface area contributed by atoms with Crippen LogP contribution < -0.4 is 19.7 Å². The summed E-state index contributed by atoms with van der Waals surface area (Å²) in [6, 6.07) is 24.7. The van der Waals surface area contributed by atoms with Gasteiger partial charge in [0, 0.05) is 10.0 Å². The minimum atomic E-state index is -0.827. The van der Waals surface area contributed by atoms with Crippen LogP contribution in [0.5, 0.6) is 11.5 Å². The molecule has 1 N–H and O–H groups in total. The molecule has 0 radical (unpaired) electrons. The molecular weight excluding hydrogens is 560 g/mol. The van der Waals surface area contributed by atoms with Crippen molar-refractivity contribution in [3.8, 4) is 11.5 Å². The summed E-state index contributed by atoms with van der Waals surface area (Å²) < 4.78 is 12.6. The molecule has 4 aromatic carbocycles. The van der Waals surface area contributed by atoms with Crippen LogP contribution in [0.25, 0.3) is 16.8 Å². The Morgan fingerprint density at radius 2 is 1.62 bits per heavy atom. The second-order valence-electron chi connectivity index (χ2n) is 8.67. The predicted molar refractivity (Wildman–Crippen MR) is 154 cm³/mol. The number of hydrogen-bond donors (Lipinski definition) is 1. The molecule has 5 rings (SSSR count). The van der Waals surface area contributed by atoms with Crippen LogP contribution in [0.4, 0.5) is 10.5 Å². The van der Waals surface area contributed by atoms with Crippen LogP contribution >= 0.6 is 15.9 Å². The van der Waals surface area contributed by atoms with Gasteiger partial charge in [0.15, 0.2) is 0 Å². The number of carbonyl (C=O) groups excluding carboxylic acids is 3. The number of urea groups is 1. The number of fused-ring (bicyclic) bond motifs is 1. The van der Waals surface area contributed by atoms with Crippen molar-refractivity contribution in [2.24, 2.45) is 0 Å². The van der Waals surface area contributed by atoms with Gasteiger partial charge in [-0.1, -0.05) is 71.0 Å². The van der Waals surface area contributed by atoms with Gasteiger partial charge in [0.05, 0.1) is 5.69 Å². The molecule has 1 aliphatic rings. The molecular formula is C31H23BrN2O5. The molecule has 0 bridgehead atoms. The SMILES string of the molecule is C=CCOc1ccc2ccccc2c1/C=C1\C(=O)NC(=O)N(c2ccc(OCc3ccc(Br)cc3)cc2)C1=O. The summed E-state index contributed by atoms with van der Waals surface area (Å²) in [4.78, 5) is 40.0. The molecule has 1 fully saturated rings. The van der Waals surface area contributed by atoms with E-state index in [9.17, 15) is 14.4 Å². The molecule has 0 unspecified atom stereocenters. The first kappa shape index (κ1) is 25.9. The lowest BCUT2D eigenvalue weighted by Gasteiger charge is -2.26. The maximum absolute atomic E-state index is 13.5. The van der Waals surface area contributed by atoms with E-state index in [1.807, 2.05) is 54.6 Å². The minimum absolute atomic E-state index is 0.190. The summed E-state index contributed by atoms with van der Waals surface area (Å²) in [5.74, 6) is -0.469. The normalized spacial score (nSPS) is 14.4. The lowest BCUT2D eigenvalue weighted by molar-refractivity contribution is -0.122. The van der Waals surface area contributed by atoms with Crippen LogP contribution in [-0.2, 0) is 16.2 Å². The lowest BCUT2D eigenvalue weighted by Crippen LogP contribution is -2.54. The summed E-state index contributed by atoms with van der Waals surface area (Å²) in [7, 11) is 0. The number of nitrogens with zero attached hydrogens (tertiary/aromatic N) is 1. The van der Waals surface area contributed by atoms with Crippen molar-refractivity contribution in [2.45, 2.75) is 6.61 Å². The van der Waals surface area contributed by atoms with Crippen molar-refractivity contribution in [1.82, 2.24) is 5.32 Å². The second-order valence-corrected chi connectivity index (χ2v) is 9.58. The molecule has 8 heteroatoms. The Morgan fingerprint density at radius 1 is 0.872 bits per heavy atom. The number of halogens is 1. The lowest BCUT2D eigenvalue weighted by atomic mass is 9.99. The number of carbonyl (C=O) groups is 3. The number of amides is 4. The number of rotatable bonds is 8. The van der Waals surface area contributed by atoms with Gasteiger partial charge in [-0.15, -0.1) is 0 Å². The first-order valence-electron chi connectivity index (χ1n) is 12.1. The van der Waals surface area contributed by atoms with Crippen LogP contribution in [0.1, 0.15) is 11.1 Å². The highest BCUT2D eigenvalue weighted by Gasteiger charge is 2.37. The quantitative estimate of drug-likeness (QED) is 0.147. The molecule has 0 aromatic heterocycles. The number of imide groups is 2. The van der Waals surface area contributed by atoms with E-state index >= 15 is 0 Å². The van der Waals surface area contributed by atoms with Gasteiger partial charge < -0.3 is 9.47 Å². The van der Waals surface area contributed by atoms with Gasteiger partial charge >= 0.3 is 6.03 Å². The number of benzene rings is 4. The molecule has 0 saturated carbocycles. The molecule has 0 spiro atoms. The first-order valence-corrected chi connectivity index (χ1v) is 12.9. The smallest absolute Gasteiger partial charge is 0.335 e. The zero-order valence-corrected chi connectivity index (χ0v) is 22.3. The van der Waals surface area contributed by atoms with Crippen LogP contribution in [0.2, 0.25) is 0 Å². The summed E-state index contributed by atoms with van der Waals surface area (Å²) in [5.41, 5.74) is 1.66. The van der Waals surface area contributed by atoms with Crippen molar-refractivity contribution >= 4 is 56.3 Å². The highest BCUT2D eigenvalue weighted by atomic mass is 79.9. The van der Waals surface area contributed by atoms with Crippen LogP contribution in [0, 0.1) is 0 Å². The molecule has 194 valence electrons. The molecule has 4 amide bonds. The monoisotopic (exact) mass is 582 g/mol. The minimum Gasteiger partial charge on any atom is -0.489 e. The second kappa shape index (κ2) is 11.4. The Bertz CT molecular complexity index is 1610. The van der Waals surface area contributed by atoms with E-state index in [2.05, 4.69) is 27.8 Å². The molecule has 0 atom stereocenters. The number of nitrogens with one attached hydrogen (secondary N) is 1. The van der Waals surface area contributed by atoms with Crippen LogP contribution in [0.15, 0.2) is 108 Å². The molecule has 4 aromatic rings. The average molecular weight is 583 g/mol.